The highest BCUT2D eigenvalue weighted by molar-refractivity contribution is 6.05. The molecule has 0 bridgehead atoms. The minimum absolute atomic E-state index is 0.112. The van der Waals surface area contributed by atoms with Crippen molar-refractivity contribution in [2.45, 2.75) is 70.7 Å². The summed E-state index contributed by atoms with van der Waals surface area (Å²) in [6.45, 7) is 6.46. The van der Waals surface area contributed by atoms with E-state index in [-0.39, 0.29) is 24.1 Å². The predicted molar refractivity (Wildman–Crippen MR) is 109 cm³/mol. The van der Waals surface area contributed by atoms with Crippen LogP contribution < -0.4 is 11.1 Å². The number of likely N-dealkylation sites (tertiary alicyclic amines) is 1. The highest BCUT2D eigenvalue weighted by Gasteiger charge is 2.40. The number of hydrogen-bond acceptors (Lipinski definition) is 5. The first-order valence-electron chi connectivity index (χ1n) is 10.6. The van der Waals surface area contributed by atoms with Crippen molar-refractivity contribution < 1.29 is 14.4 Å². The Labute approximate surface area is 171 Å². The number of hydrogen-bond donors (Lipinski definition) is 2. The highest BCUT2D eigenvalue weighted by atomic mass is 16.2. The van der Waals surface area contributed by atoms with Gasteiger partial charge < -0.3 is 10.6 Å². The van der Waals surface area contributed by atoms with Crippen molar-refractivity contribution in [2.75, 3.05) is 6.54 Å². The molecule has 7 nitrogen and oxygen atoms in total. The van der Waals surface area contributed by atoms with Gasteiger partial charge in [0.15, 0.2) is 0 Å². The van der Waals surface area contributed by atoms with Crippen molar-refractivity contribution in [3.63, 3.8) is 0 Å². The molecule has 3 heterocycles. The lowest BCUT2D eigenvalue weighted by Gasteiger charge is -2.42. The smallest absolute Gasteiger partial charge is 0.255 e. The lowest BCUT2D eigenvalue weighted by molar-refractivity contribution is -0.136. The molecule has 0 spiro atoms. The van der Waals surface area contributed by atoms with Crippen molar-refractivity contribution in [1.82, 2.24) is 15.1 Å². The number of fused-ring (bicyclic) bond motifs is 1. The minimum atomic E-state index is -0.571. The van der Waals surface area contributed by atoms with E-state index in [9.17, 15) is 14.4 Å². The zero-order chi connectivity index (χ0) is 20.7. The van der Waals surface area contributed by atoms with Crippen molar-refractivity contribution in [3.05, 3.63) is 34.9 Å². The van der Waals surface area contributed by atoms with Crippen LogP contribution in [0.15, 0.2) is 18.2 Å². The predicted octanol–water partition coefficient (Wildman–Crippen LogP) is 1.40. The summed E-state index contributed by atoms with van der Waals surface area (Å²) < 4.78 is 0. The molecule has 3 aliphatic heterocycles. The molecule has 7 heteroatoms. The van der Waals surface area contributed by atoms with Crippen LogP contribution in [-0.2, 0) is 22.7 Å². The number of benzene rings is 1. The Kier molecular flexibility index (Phi) is 5.44. The number of nitrogens with one attached hydrogen (secondary N) is 1. The van der Waals surface area contributed by atoms with E-state index in [1.54, 1.807) is 4.90 Å². The number of piperidine rings is 2. The summed E-state index contributed by atoms with van der Waals surface area (Å²) >= 11 is 0. The van der Waals surface area contributed by atoms with Crippen LogP contribution in [0.4, 0.5) is 0 Å². The van der Waals surface area contributed by atoms with Gasteiger partial charge in [-0.25, -0.2) is 0 Å². The highest BCUT2D eigenvalue weighted by Crippen LogP contribution is 2.33. The fourth-order valence-corrected chi connectivity index (χ4v) is 5.27. The van der Waals surface area contributed by atoms with Gasteiger partial charge >= 0.3 is 0 Å². The minimum Gasteiger partial charge on any atom is -0.330 e. The molecule has 3 amide bonds. The van der Waals surface area contributed by atoms with Crippen LogP contribution in [0.2, 0.25) is 0 Å². The monoisotopic (exact) mass is 398 g/mol. The second kappa shape index (κ2) is 7.88. The Morgan fingerprint density at radius 3 is 2.52 bits per heavy atom. The van der Waals surface area contributed by atoms with Crippen molar-refractivity contribution in [1.29, 1.82) is 0 Å². The molecular formula is C22H30N4O3. The quantitative estimate of drug-likeness (QED) is 0.748. The summed E-state index contributed by atoms with van der Waals surface area (Å²) in [5.74, 6) is -0.170. The first kappa shape index (κ1) is 20.0. The van der Waals surface area contributed by atoms with Crippen LogP contribution >= 0.6 is 0 Å². The molecule has 3 unspecified atom stereocenters. The average molecular weight is 399 g/mol. The van der Waals surface area contributed by atoms with E-state index in [4.69, 9.17) is 5.73 Å². The summed E-state index contributed by atoms with van der Waals surface area (Å²) in [7, 11) is 0. The number of carbonyl (C=O) groups excluding carboxylic acids is 3. The molecule has 3 atom stereocenters. The fourth-order valence-electron chi connectivity index (χ4n) is 5.27. The largest absolute Gasteiger partial charge is 0.330 e. The van der Waals surface area contributed by atoms with E-state index >= 15 is 0 Å². The summed E-state index contributed by atoms with van der Waals surface area (Å²) in [6, 6.07) is 6.17. The Balaban J connectivity index is 1.54. The Morgan fingerprint density at radius 1 is 1.14 bits per heavy atom. The maximum Gasteiger partial charge on any atom is 0.255 e. The van der Waals surface area contributed by atoms with Gasteiger partial charge in [-0.05, 0) is 62.8 Å². The van der Waals surface area contributed by atoms with Crippen molar-refractivity contribution >= 4 is 17.7 Å². The van der Waals surface area contributed by atoms with E-state index < -0.39 is 6.04 Å². The molecular weight excluding hydrogens is 368 g/mol. The summed E-state index contributed by atoms with van der Waals surface area (Å²) in [5.41, 5.74) is 8.75. The molecule has 2 saturated heterocycles. The molecule has 0 aromatic heterocycles. The van der Waals surface area contributed by atoms with Gasteiger partial charge in [0.05, 0.1) is 0 Å². The molecule has 2 fully saturated rings. The molecule has 1 aromatic rings. The average Bonchev–Trinajstić information content (AvgIpc) is 3.02. The Morgan fingerprint density at radius 2 is 1.86 bits per heavy atom. The molecule has 0 radical (unpaired) electrons. The summed E-state index contributed by atoms with van der Waals surface area (Å²) in [4.78, 5) is 40.9. The lowest BCUT2D eigenvalue weighted by Crippen LogP contribution is -2.52. The Hall–Kier alpha value is -2.25. The number of amides is 3. The molecule has 0 aliphatic carbocycles. The topological polar surface area (TPSA) is 95.7 Å². The number of imide groups is 1. The lowest BCUT2D eigenvalue weighted by atomic mass is 9.86. The summed E-state index contributed by atoms with van der Waals surface area (Å²) in [5, 5.41) is 2.36. The zero-order valence-corrected chi connectivity index (χ0v) is 17.2. The van der Waals surface area contributed by atoms with Gasteiger partial charge in [0, 0.05) is 37.2 Å². The molecule has 1 aromatic carbocycles. The van der Waals surface area contributed by atoms with Crippen LogP contribution in [0.5, 0.6) is 0 Å². The first-order valence-corrected chi connectivity index (χ1v) is 10.6. The molecule has 156 valence electrons. The fraction of sp³-hybridized carbons (Fsp3) is 0.591. The maximum atomic E-state index is 13.0. The van der Waals surface area contributed by atoms with Crippen LogP contribution in [0.25, 0.3) is 0 Å². The zero-order valence-electron chi connectivity index (χ0n) is 17.2. The van der Waals surface area contributed by atoms with E-state index in [0.29, 0.717) is 36.5 Å². The van der Waals surface area contributed by atoms with E-state index in [2.05, 4.69) is 30.1 Å². The van der Waals surface area contributed by atoms with Crippen LogP contribution in [0.3, 0.4) is 0 Å². The van der Waals surface area contributed by atoms with Gasteiger partial charge in [0.1, 0.15) is 6.04 Å². The van der Waals surface area contributed by atoms with Gasteiger partial charge in [-0.2, -0.15) is 0 Å². The second-order valence-corrected chi connectivity index (χ2v) is 8.79. The third-order valence-corrected chi connectivity index (χ3v) is 6.85. The van der Waals surface area contributed by atoms with Gasteiger partial charge in [-0.1, -0.05) is 12.1 Å². The molecule has 0 saturated carbocycles. The third-order valence-electron chi connectivity index (χ3n) is 6.85. The molecule has 3 aliphatic rings. The molecule has 29 heavy (non-hydrogen) atoms. The van der Waals surface area contributed by atoms with Crippen molar-refractivity contribution in [3.8, 4) is 0 Å². The standard InChI is InChI=1S/C22H30N4O3/c1-13-8-15(10-23)9-14(2)25(13)11-16-4-3-5-17-18(16)12-26(22(17)29)19-6-7-20(27)24-21(19)28/h3-5,13-15,19H,6-12,23H2,1-2H3,(H,24,27,28). The number of nitrogens with two attached hydrogens (primary N) is 1. The van der Waals surface area contributed by atoms with Gasteiger partial charge in [-0.15, -0.1) is 0 Å². The number of rotatable bonds is 4. The van der Waals surface area contributed by atoms with Gasteiger partial charge in [0.25, 0.3) is 5.91 Å². The summed E-state index contributed by atoms with van der Waals surface area (Å²) in [6.07, 6.45) is 2.85. The SMILES string of the molecule is CC1CC(CN)CC(C)N1Cc1cccc2c1CN(C1CCC(=O)NC1=O)C2=O. The van der Waals surface area contributed by atoms with Crippen LogP contribution in [0, 0.1) is 5.92 Å². The number of carbonyl (C=O) groups is 3. The van der Waals surface area contributed by atoms with E-state index in [1.165, 1.54) is 0 Å². The molecule has 4 rings (SSSR count). The van der Waals surface area contributed by atoms with Gasteiger partial charge in [-0.3, -0.25) is 24.6 Å². The van der Waals surface area contributed by atoms with Crippen LogP contribution in [-0.4, -0.2) is 52.2 Å². The second-order valence-electron chi connectivity index (χ2n) is 8.79. The number of nitrogens with zero attached hydrogens (tertiary/aromatic N) is 2. The maximum absolute atomic E-state index is 13.0. The third kappa shape index (κ3) is 3.69. The normalized spacial score (nSPS) is 30.4. The van der Waals surface area contributed by atoms with Gasteiger partial charge in [0.2, 0.25) is 11.8 Å². The Bertz CT molecular complexity index is 827. The van der Waals surface area contributed by atoms with E-state index in [0.717, 1.165) is 37.1 Å². The van der Waals surface area contributed by atoms with Crippen LogP contribution in [0.1, 0.15) is 61.0 Å². The first-order chi connectivity index (χ1) is 13.9. The van der Waals surface area contributed by atoms with Crippen molar-refractivity contribution in [2.24, 2.45) is 11.7 Å². The van der Waals surface area contributed by atoms with E-state index in [1.807, 2.05) is 12.1 Å². The molecule has 3 N–H and O–H groups in total.